The minimum absolute atomic E-state index is 0.0649. The van der Waals surface area contributed by atoms with Crippen LogP contribution in [-0.2, 0) is 9.59 Å². The van der Waals surface area contributed by atoms with Gasteiger partial charge in [-0.3, -0.25) is 9.59 Å². The van der Waals surface area contributed by atoms with Gasteiger partial charge in [0, 0.05) is 19.0 Å². The number of carbonyl (C=O) groups excluding carboxylic acids is 2. The first-order valence-electron chi connectivity index (χ1n) is 9.13. The minimum Gasteiger partial charge on any atom is -0.360 e. The summed E-state index contributed by atoms with van der Waals surface area (Å²) in [6, 6.07) is 1.66. The summed E-state index contributed by atoms with van der Waals surface area (Å²) in [5.74, 6) is 1.71. The van der Waals surface area contributed by atoms with E-state index in [1.165, 1.54) is 0 Å². The van der Waals surface area contributed by atoms with E-state index in [0.717, 1.165) is 19.3 Å². The van der Waals surface area contributed by atoms with Crippen molar-refractivity contribution in [2.24, 2.45) is 17.3 Å². The van der Waals surface area contributed by atoms with Crippen molar-refractivity contribution in [2.75, 3.05) is 18.4 Å². The number of rotatable bonds is 8. The van der Waals surface area contributed by atoms with E-state index in [2.05, 4.69) is 38.2 Å². The van der Waals surface area contributed by atoms with E-state index < -0.39 is 0 Å². The molecule has 1 saturated carbocycles. The first-order chi connectivity index (χ1) is 11.6. The van der Waals surface area contributed by atoms with Crippen molar-refractivity contribution in [3.8, 4) is 0 Å². The Morgan fingerprint density at radius 2 is 2.08 bits per heavy atom. The molecule has 0 spiro atoms. The number of hydrogen-bond donors (Lipinski definition) is 1. The second-order valence-electron chi connectivity index (χ2n) is 8.66. The van der Waals surface area contributed by atoms with Crippen molar-refractivity contribution in [3.05, 3.63) is 11.8 Å². The van der Waals surface area contributed by atoms with Crippen LogP contribution in [0.1, 0.15) is 59.1 Å². The Labute approximate surface area is 150 Å². The lowest BCUT2D eigenvalue weighted by Gasteiger charge is -2.26. The van der Waals surface area contributed by atoms with Crippen LogP contribution in [-0.4, -0.2) is 35.0 Å². The maximum atomic E-state index is 12.7. The van der Waals surface area contributed by atoms with Crippen molar-refractivity contribution < 1.29 is 14.1 Å². The first kappa shape index (κ1) is 19.5. The predicted molar refractivity (Wildman–Crippen MR) is 97.0 cm³/mol. The highest BCUT2D eigenvalue weighted by Crippen LogP contribution is 2.31. The molecule has 1 aliphatic rings. The summed E-state index contributed by atoms with van der Waals surface area (Å²) in [4.78, 5) is 26.7. The third kappa shape index (κ3) is 7.28. The third-order valence-electron chi connectivity index (χ3n) is 4.24. The Morgan fingerprint density at radius 1 is 1.40 bits per heavy atom. The number of carbonyl (C=O) groups is 2. The molecule has 1 unspecified atom stereocenters. The van der Waals surface area contributed by atoms with Crippen molar-refractivity contribution >= 4 is 17.6 Å². The maximum absolute atomic E-state index is 12.7. The van der Waals surface area contributed by atoms with Crippen molar-refractivity contribution in [2.45, 2.75) is 60.3 Å². The van der Waals surface area contributed by atoms with Crippen LogP contribution < -0.4 is 5.32 Å². The Bertz CT molecular complexity index is 599. The van der Waals surface area contributed by atoms with E-state index in [1.807, 2.05) is 0 Å². The van der Waals surface area contributed by atoms with Crippen LogP contribution in [0.15, 0.2) is 10.6 Å². The molecule has 0 aromatic carbocycles. The van der Waals surface area contributed by atoms with Crippen LogP contribution in [0.3, 0.4) is 0 Å². The van der Waals surface area contributed by atoms with Gasteiger partial charge in [0.2, 0.25) is 11.8 Å². The molecule has 0 radical (unpaired) electrons. The van der Waals surface area contributed by atoms with Gasteiger partial charge < -0.3 is 14.7 Å². The van der Waals surface area contributed by atoms with Gasteiger partial charge in [-0.1, -0.05) is 32.9 Å². The summed E-state index contributed by atoms with van der Waals surface area (Å²) in [5.41, 5.74) is 0.198. The van der Waals surface area contributed by atoms with Crippen LogP contribution in [0.5, 0.6) is 0 Å². The summed E-state index contributed by atoms with van der Waals surface area (Å²) in [7, 11) is 0. The average molecular weight is 349 g/mol. The van der Waals surface area contributed by atoms with Crippen molar-refractivity contribution in [3.63, 3.8) is 0 Å². The summed E-state index contributed by atoms with van der Waals surface area (Å²) in [6.45, 7) is 11.2. The largest absolute Gasteiger partial charge is 0.360 e. The Hall–Kier alpha value is -1.85. The van der Waals surface area contributed by atoms with Gasteiger partial charge in [-0.05, 0) is 43.4 Å². The average Bonchev–Trinajstić information content (AvgIpc) is 3.17. The lowest BCUT2D eigenvalue weighted by atomic mass is 9.84. The standard InChI is InChI=1S/C19H31N3O3/c1-13(10-19(3,4)5)8-18(24)22(11-15-6-7-15)12-17(23)20-16-9-14(2)25-21-16/h9,13,15H,6-8,10-12H2,1-5H3,(H,20,21,23). The second-order valence-corrected chi connectivity index (χ2v) is 8.66. The molecule has 2 amide bonds. The molecule has 0 saturated heterocycles. The number of hydrogen-bond acceptors (Lipinski definition) is 4. The fourth-order valence-electron chi connectivity index (χ4n) is 3.19. The normalized spacial score (nSPS) is 15.7. The molecule has 25 heavy (non-hydrogen) atoms. The molecule has 6 nitrogen and oxygen atoms in total. The zero-order valence-corrected chi connectivity index (χ0v) is 16.1. The molecule has 2 rings (SSSR count). The summed E-state index contributed by atoms with van der Waals surface area (Å²) in [5, 5.41) is 6.46. The number of aromatic nitrogens is 1. The topological polar surface area (TPSA) is 75.4 Å². The highest BCUT2D eigenvalue weighted by Gasteiger charge is 2.29. The van der Waals surface area contributed by atoms with Gasteiger partial charge in [-0.25, -0.2) is 0 Å². The number of nitrogens with zero attached hydrogens (tertiary/aromatic N) is 2. The monoisotopic (exact) mass is 349 g/mol. The number of nitrogens with one attached hydrogen (secondary N) is 1. The highest BCUT2D eigenvalue weighted by molar-refractivity contribution is 5.93. The molecule has 1 aliphatic carbocycles. The van der Waals surface area contributed by atoms with Gasteiger partial charge in [-0.15, -0.1) is 0 Å². The molecule has 1 atom stereocenters. The SMILES string of the molecule is Cc1cc(NC(=O)CN(CC2CC2)C(=O)CC(C)CC(C)(C)C)no1. The van der Waals surface area contributed by atoms with E-state index in [4.69, 9.17) is 4.52 Å². The van der Waals surface area contributed by atoms with Crippen molar-refractivity contribution in [1.82, 2.24) is 10.1 Å². The van der Waals surface area contributed by atoms with Crippen LogP contribution >= 0.6 is 0 Å². The summed E-state index contributed by atoms with van der Waals surface area (Å²) in [6.07, 6.45) is 3.76. The number of aryl methyl sites for hydroxylation is 1. The Balaban J connectivity index is 1.90. The predicted octanol–water partition coefficient (Wildman–Crippen LogP) is 3.62. The smallest absolute Gasteiger partial charge is 0.245 e. The zero-order chi connectivity index (χ0) is 18.6. The van der Waals surface area contributed by atoms with Crippen LogP contribution in [0.2, 0.25) is 0 Å². The van der Waals surface area contributed by atoms with E-state index in [9.17, 15) is 9.59 Å². The molecule has 1 heterocycles. The Morgan fingerprint density at radius 3 is 2.60 bits per heavy atom. The van der Waals surface area contributed by atoms with Gasteiger partial charge in [0.05, 0.1) is 6.54 Å². The number of anilines is 1. The van der Waals surface area contributed by atoms with E-state index in [0.29, 0.717) is 36.4 Å². The van der Waals surface area contributed by atoms with E-state index in [1.54, 1.807) is 17.9 Å². The molecule has 6 heteroatoms. The molecular weight excluding hydrogens is 318 g/mol. The molecule has 1 aromatic rings. The lowest BCUT2D eigenvalue weighted by Crippen LogP contribution is -2.40. The van der Waals surface area contributed by atoms with Crippen LogP contribution in [0.4, 0.5) is 5.82 Å². The van der Waals surface area contributed by atoms with Gasteiger partial charge >= 0.3 is 0 Å². The fourth-order valence-corrected chi connectivity index (χ4v) is 3.19. The molecule has 140 valence electrons. The van der Waals surface area contributed by atoms with Crippen molar-refractivity contribution in [1.29, 1.82) is 0 Å². The molecule has 1 aromatic heterocycles. The third-order valence-corrected chi connectivity index (χ3v) is 4.24. The number of amides is 2. The van der Waals surface area contributed by atoms with Gasteiger partial charge in [-0.2, -0.15) is 0 Å². The second kappa shape index (κ2) is 8.02. The highest BCUT2D eigenvalue weighted by atomic mass is 16.5. The van der Waals surface area contributed by atoms with Gasteiger partial charge in [0.1, 0.15) is 5.76 Å². The van der Waals surface area contributed by atoms with Crippen LogP contribution in [0.25, 0.3) is 0 Å². The first-order valence-corrected chi connectivity index (χ1v) is 9.13. The summed E-state index contributed by atoms with van der Waals surface area (Å²) >= 11 is 0. The molecule has 0 aliphatic heterocycles. The Kier molecular flexibility index (Phi) is 6.25. The quantitative estimate of drug-likeness (QED) is 0.778. The van der Waals surface area contributed by atoms with Gasteiger partial charge in [0.15, 0.2) is 5.82 Å². The molecule has 0 bridgehead atoms. The minimum atomic E-state index is -0.231. The summed E-state index contributed by atoms with van der Waals surface area (Å²) < 4.78 is 4.95. The van der Waals surface area contributed by atoms with E-state index in [-0.39, 0.29) is 23.8 Å². The van der Waals surface area contributed by atoms with E-state index >= 15 is 0 Å². The lowest BCUT2D eigenvalue weighted by molar-refractivity contribution is -0.135. The molecule has 1 fully saturated rings. The van der Waals surface area contributed by atoms with Gasteiger partial charge in [0.25, 0.3) is 0 Å². The fraction of sp³-hybridized carbons (Fsp3) is 0.737. The molecular formula is C19H31N3O3. The zero-order valence-electron chi connectivity index (χ0n) is 16.1. The van der Waals surface area contributed by atoms with Crippen LogP contribution in [0, 0.1) is 24.2 Å². The maximum Gasteiger partial charge on any atom is 0.245 e. The molecule has 1 N–H and O–H groups in total.